The molecule has 2 atom stereocenters. The lowest BCUT2D eigenvalue weighted by Crippen LogP contribution is -2.30. The summed E-state index contributed by atoms with van der Waals surface area (Å²) >= 11 is 0. The molecule has 19 heavy (non-hydrogen) atoms. The Balaban J connectivity index is 1.94. The molecule has 0 radical (unpaired) electrons. The summed E-state index contributed by atoms with van der Waals surface area (Å²) in [5.74, 6) is 1.56. The Bertz CT molecular complexity index is 565. The summed E-state index contributed by atoms with van der Waals surface area (Å²) in [6, 6.07) is 15.5. The monoisotopic (exact) mass is 256 g/mol. The van der Waals surface area contributed by atoms with Crippen molar-refractivity contribution >= 4 is 0 Å². The van der Waals surface area contributed by atoms with Gasteiger partial charge in [-0.3, -0.25) is 0 Å². The lowest BCUT2D eigenvalue weighted by Gasteiger charge is -2.31. The molecule has 0 aliphatic carbocycles. The summed E-state index contributed by atoms with van der Waals surface area (Å²) < 4.78 is 11.1. The number of rotatable bonds is 2. The third-order valence-corrected chi connectivity index (χ3v) is 3.43. The number of fused-ring (bicyclic) bond motifs is 1. The summed E-state index contributed by atoms with van der Waals surface area (Å²) in [6.07, 6.45) is -0.247. The highest BCUT2D eigenvalue weighted by atomic mass is 16.5. The normalized spacial score (nSPS) is 21.4. The van der Waals surface area contributed by atoms with E-state index in [2.05, 4.69) is 0 Å². The summed E-state index contributed by atoms with van der Waals surface area (Å²) in [7, 11) is 1.63. The maximum absolute atomic E-state index is 10.2. The zero-order valence-electron chi connectivity index (χ0n) is 10.7. The number of aliphatic hydroxyl groups is 1. The molecule has 0 amide bonds. The van der Waals surface area contributed by atoms with E-state index in [4.69, 9.17) is 9.47 Å². The molecule has 2 aromatic rings. The largest absolute Gasteiger partial charge is 0.497 e. The van der Waals surface area contributed by atoms with E-state index in [-0.39, 0.29) is 6.10 Å². The molecule has 1 aliphatic rings. The van der Waals surface area contributed by atoms with Crippen molar-refractivity contribution in [1.82, 2.24) is 0 Å². The van der Waals surface area contributed by atoms with E-state index in [1.54, 1.807) is 7.11 Å². The lowest BCUT2D eigenvalue weighted by atomic mass is 9.95. The molecule has 1 N–H and O–H groups in total. The first-order valence-corrected chi connectivity index (χ1v) is 6.34. The number of ether oxygens (including phenoxy) is 2. The Hall–Kier alpha value is -2.00. The lowest BCUT2D eigenvalue weighted by molar-refractivity contribution is 0.0206. The number of hydrogen-bond acceptors (Lipinski definition) is 3. The summed E-state index contributed by atoms with van der Waals surface area (Å²) in [5.41, 5.74) is 2.00. The number of methoxy groups -OCH3 is 1. The first kappa shape index (κ1) is 12.1. The third-order valence-electron chi connectivity index (χ3n) is 3.43. The van der Waals surface area contributed by atoms with Gasteiger partial charge in [0.15, 0.2) is 0 Å². The van der Waals surface area contributed by atoms with Crippen molar-refractivity contribution in [2.75, 3.05) is 7.11 Å². The maximum Gasteiger partial charge on any atom is 0.150 e. The van der Waals surface area contributed by atoms with Crippen LogP contribution in [0.5, 0.6) is 11.5 Å². The second-order valence-electron chi connectivity index (χ2n) is 4.69. The van der Waals surface area contributed by atoms with Crippen LogP contribution in [-0.2, 0) is 6.42 Å². The maximum atomic E-state index is 10.2. The van der Waals surface area contributed by atoms with E-state index in [1.165, 1.54) is 0 Å². The fourth-order valence-corrected chi connectivity index (χ4v) is 2.42. The van der Waals surface area contributed by atoms with Crippen LogP contribution in [0.2, 0.25) is 0 Å². The van der Waals surface area contributed by atoms with Crippen LogP contribution >= 0.6 is 0 Å². The zero-order chi connectivity index (χ0) is 13.2. The van der Waals surface area contributed by atoms with Crippen LogP contribution in [0.25, 0.3) is 0 Å². The average molecular weight is 256 g/mol. The number of benzene rings is 2. The number of aliphatic hydroxyl groups excluding tert-OH is 1. The van der Waals surface area contributed by atoms with Gasteiger partial charge in [-0.05, 0) is 17.2 Å². The molecule has 0 bridgehead atoms. The SMILES string of the molecule is COc1ccc2c(c1)O[C@H](c1ccccc1)[C@@H](O)C2. The molecule has 0 saturated heterocycles. The molecule has 3 nitrogen and oxygen atoms in total. The van der Waals surface area contributed by atoms with E-state index < -0.39 is 6.10 Å². The molecule has 0 aromatic heterocycles. The van der Waals surface area contributed by atoms with E-state index in [1.807, 2.05) is 48.5 Å². The molecule has 0 spiro atoms. The third kappa shape index (κ3) is 2.29. The van der Waals surface area contributed by atoms with Gasteiger partial charge in [-0.1, -0.05) is 36.4 Å². The number of hydrogen-bond donors (Lipinski definition) is 1. The van der Waals surface area contributed by atoms with E-state index in [0.29, 0.717) is 6.42 Å². The van der Waals surface area contributed by atoms with Crippen molar-refractivity contribution in [1.29, 1.82) is 0 Å². The molecule has 0 saturated carbocycles. The van der Waals surface area contributed by atoms with Gasteiger partial charge < -0.3 is 14.6 Å². The standard InChI is InChI=1S/C16H16O3/c1-18-13-8-7-12-9-14(17)16(19-15(12)10-13)11-5-3-2-4-6-11/h2-8,10,14,16-17H,9H2,1H3/t14-,16+/m0/s1. The van der Waals surface area contributed by atoms with Crippen molar-refractivity contribution in [2.24, 2.45) is 0 Å². The second kappa shape index (κ2) is 4.94. The Labute approximate surface area is 112 Å². The highest BCUT2D eigenvalue weighted by molar-refractivity contribution is 5.43. The van der Waals surface area contributed by atoms with Crippen LogP contribution < -0.4 is 9.47 Å². The molecule has 3 rings (SSSR count). The van der Waals surface area contributed by atoms with E-state index in [0.717, 1.165) is 22.6 Å². The van der Waals surface area contributed by atoms with Gasteiger partial charge in [0.05, 0.1) is 13.2 Å². The summed E-state index contributed by atoms with van der Waals surface area (Å²) in [4.78, 5) is 0. The van der Waals surface area contributed by atoms with Crippen molar-refractivity contribution in [3.63, 3.8) is 0 Å². The molecule has 2 aromatic carbocycles. The Morgan fingerprint density at radius 1 is 1.16 bits per heavy atom. The van der Waals surface area contributed by atoms with Crippen LogP contribution in [0.4, 0.5) is 0 Å². The fourth-order valence-electron chi connectivity index (χ4n) is 2.42. The Kier molecular flexibility index (Phi) is 3.13. The van der Waals surface area contributed by atoms with Gasteiger partial charge in [-0.2, -0.15) is 0 Å². The van der Waals surface area contributed by atoms with E-state index in [9.17, 15) is 5.11 Å². The minimum Gasteiger partial charge on any atom is -0.497 e. The van der Waals surface area contributed by atoms with Crippen molar-refractivity contribution in [3.05, 3.63) is 59.7 Å². The van der Waals surface area contributed by atoms with Gasteiger partial charge in [0.1, 0.15) is 17.6 Å². The molecule has 98 valence electrons. The summed E-state index contributed by atoms with van der Waals surface area (Å²) in [6.45, 7) is 0. The van der Waals surface area contributed by atoms with E-state index >= 15 is 0 Å². The molecule has 0 fully saturated rings. The topological polar surface area (TPSA) is 38.7 Å². The first-order chi connectivity index (χ1) is 9.28. The highest BCUT2D eigenvalue weighted by Crippen LogP contribution is 2.37. The van der Waals surface area contributed by atoms with Crippen LogP contribution in [0, 0.1) is 0 Å². The molecular formula is C16H16O3. The molecule has 3 heteroatoms. The van der Waals surface area contributed by atoms with Gasteiger partial charge in [-0.15, -0.1) is 0 Å². The Morgan fingerprint density at radius 3 is 2.68 bits per heavy atom. The van der Waals surface area contributed by atoms with Gasteiger partial charge >= 0.3 is 0 Å². The smallest absolute Gasteiger partial charge is 0.150 e. The quantitative estimate of drug-likeness (QED) is 0.898. The van der Waals surface area contributed by atoms with Gasteiger partial charge in [0.25, 0.3) is 0 Å². The minimum absolute atomic E-state index is 0.319. The predicted octanol–water partition coefficient (Wildman–Crippen LogP) is 2.73. The van der Waals surface area contributed by atoms with Gasteiger partial charge in [0, 0.05) is 12.5 Å². The zero-order valence-corrected chi connectivity index (χ0v) is 10.7. The first-order valence-electron chi connectivity index (χ1n) is 6.34. The Morgan fingerprint density at radius 2 is 1.95 bits per heavy atom. The van der Waals surface area contributed by atoms with Crippen molar-refractivity contribution < 1.29 is 14.6 Å². The molecule has 1 aliphatic heterocycles. The summed E-state index contributed by atoms with van der Waals surface area (Å²) in [5, 5.41) is 10.2. The molecular weight excluding hydrogens is 240 g/mol. The van der Waals surface area contributed by atoms with Gasteiger partial charge in [0.2, 0.25) is 0 Å². The van der Waals surface area contributed by atoms with Crippen molar-refractivity contribution in [2.45, 2.75) is 18.6 Å². The second-order valence-corrected chi connectivity index (χ2v) is 4.69. The minimum atomic E-state index is -0.525. The van der Waals surface area contributed by atoms with Crippen LogP contribution in [-0.4, -0.2) is 18.3 Å². The average Bonchev–Trinajstić information content (AvgIpc) is 2.47. The molecule has 1 heterocycles. The fraction of sp³-hybridized carbons (Fsp3) is 0.250. The van der Waals surface area contributed by atoms with Crippen LogP contribution in [0.3, 0.4) is 0 Å². The highest BCUT2D eigenvalue weighted by Gasteiger charge is 2.29. The van der Waals surface area contributed by atoms with Crippen LogP contribution in [0.15, 0.2) is 48.5 Å². The molecule has 0 unspecified atom stereocenters. The van der Waals surface area contributed by atoms with Crippen molar-refractivity contribution in [3.8, 4) is 11.5 Å². The van der Waals surface area contributed by atoms with Crippen LogP contribution in [0.1, 0.15) is 17.2 Å². The predicted molar refractivity (Wildman–Crippen MR) is 72.5 cm³/mol. The van der Waals surface area contributed by atoms with Gasteiger partial charge in [-0.25, -0.2) is 0 Å².